The summed E-state index contributed by atoms with van der Waals surface area (Å²) in [5.74, 6) is -0.167. The lowest BCUT2D eigenvalue weighted by Gasteiger charge is -2.11. The second-order valence-corrected chi connectivity index (χ2v) is 7.48. The molecular weight excluding hydrogens is 348 g/mol. The monoisotopic (exact) mass is 366 g/mol. The maximum atomic E-state index is 12.6. The molecule has 0 saturated carbocycles. The molecule has 0 unspecified atom stereocenters. The molecule has 4 nitrogen and oxygen atoms in total. The minimum absolute atomic E-state index is 0.0361. The average molecular weight is 366 g/mol. The molecule has 0 atom stereocenters. The molecule has 0 heterocycles. The van der Waals surface area contributed by atoms with E-state index < -0.39 is 10.1 Å². The van der Waals surface area contributed by atoms with Crippen molar-refractivity contribution in [2.75, 3.05) is 0 Å². The van der Waals surface area contributed by atoms with Crippen LogP contribution in [-0.4, -0.2) is 14.2 Å². The Kier molecular flexibility index (Phi) is 5.19. The number of Topliss-reactive ketones (excluding diaryl/α,β-unsaturated/α-hetero) is 1. The van der Waals surface area contributed by atoms with Crippen LogP contribution in [0.1, 0.15) is 21.5 Å². The van der Waals surface area contributed by atoms with Crippen LogP contribution in [0.2, 0.25) is 0 Å². The first kappa shape index (κ1) is 17.9. The quantitative estimate of drug-likeness (QED) is 0.485. The molecule has 0 bridgehead atoms. The molecule has 0 aliphatic rings. The van der Waals surface area contributed by atoms with Crippen LogP contribution >= 0.6 is 0 Å². The van der Waals surface area contributed by atoms with E-state index in [1.807, 2.05) is 37.3 Å². The lowest BCUT2D eigenvalue weighted by Crippen LogP contribution is -2.13. The molecule has 26 heavy (non-hydrogen) atoms. The summed E-state index contributed by atoms with van der Waals surface area (Å²) in [6, 6.07) is 22.0. The number of ketones is 1. The molecule has 3 aromatic rings. The zero-order valence-electron chi connectivity index (χ0n) is 14.3. The van der Waals surface area contributed by atoms with E-state index >= 15 is 0 Å². The number of carbonyl (C=O) groups is 1. The number of carbonyl (C=O) groups excluding carboxylic acids is 1. The first-order valence-electron chi connectivity index (χ1n) is 8.13. The van der Waals surface area contributed by atoms with Crippen molar-refractivity contribution in [3.05, 3.63) is 95.6 Å². The largest absolute Gasteiger partial charge is 0.378 e. The summed E-state index contributed by atoms with van der Waals surface area (Å²) in [5, 5.41) is 0. The number of para-hydroxylation sites is 1. The molecule has 0 fully saturated rings. The highest BCUT2D eigenvalue weighted by molar-refractivity contribution is 7.87. The lowest BCUT2D eigenvalue weighted by atomic mass is 10.0. The van der Waals surface area contributed by atoms with Gasteiger partial charge in [0.15, 0.2) is 11.5 Å². The van der Waals surface area contributed by atoms with E-state index in [-0.39, 0.29) is 28.4 Å². The third-order valence-electron chi connectivity index (χ3n) is 3.90. The standard InChI is InChI=1S/C21H18O4S/c1-16-11-13-18(14-12-16)26(23,24)25-21-10-6-5-9-19(21)20(22)15-17-7-3-2-4-8-17/h2-14H,15H2,1H3. The normalized spacial score (nSPS) is 11.1. The fourth-order valence-electron chi connectivity index (χ4n) is 2.52. The van der Waals surface area contributed by atoms with Gasteiger partial charge in [-0.25, -0.2) is 0 Å². The van der Waals surface area contributed by atoms with Crippen molar-refractivity contribution in [1.29, 1.82) is 0 Å². The van der Waals surface area contributed by atoms with Crippen LogP contribution in [0.3, 0.4) is 0 Å². The Hall–Kier alpha value is -2.92. The summed E-state index contributed by atoms with van der Waals surface area (Å²) in [4.78, 5) is 12.7. The van der Waals surface area contributed by atoms with Crippen LogP contribution in [0.5, 0.6) is 5.75 Å². The second-order valence-electron chi connectivity index (χ2n) is 5.93. The Balaban J connectivity index is 1.87. The summed E-state index contributed by atoms with van der Waals surface area (Å²) in [5.41, 5.74) is 2.04. The number of rotatable bonds is 6. The first-order chi connectivity index (χ1) is 12.5. The van der Waals surface area contributed by atoms with Crippen molar-refractivity contribution >= 4 is 15.9 Å². The Labute approximate surface area is 153 Å². The Morgan fingerprint density at radius 3 is 2.15 bits per heavy atom. The number of hydrogen-bond donors (Lipinski definition) is 0. The van der Waals surface area contributed by atoms with Gasteiger partial charge in [-0.05, 0) is 36.8 Å². The number of aryl methyl sites for hydroxylation is 1. The molecule has 0 amide bonds. The SMILES string of the molecule is Cc1ccc(S(=O)(=O)Oc2ccccc2C(=O)Cc2ccccc2)cc1. The van der Waals surface area contributed by atoms with Crippen LogP contribution in [0, 0.1) is 6.92 Å². The van der Waals surface area contributed by atoms with E-state index in [2.05, 4.69) is 0 Å². The lowest BCUT2D eigenvalue weighted by molar-refractivity contribution is 0.0991. The van der Waals surface area contributed by atoms with Crippen molar-refractivity contribution in [1.82, 2.24) is 0 Å². The molecule has 132 valence electrons. The number of benzene rings is 3. The van der Waals surface area contributed by atoms with Gasteiger partial charge in [0.05, 0.1) is 5.56 Å². The van der Waals surface area contributed by atoms with Crippen molar-refractivity contribution in [3.63, 3.8) is 0 Å². The van der Waals surface area contributed by atoms with Gasteiger partial charge in [0.2, 0.25) is 0 Å². The fourth-order valence-corrected chi connectivity index (χ4v) is 3.46. The summed E-state index contributed by atoms with van der Waals surface area (Å²) in [7, 11) is -4.01. The maximum Gasteiger partial charge on any atom is 0.339 e. The maximum absolute atomic E-state index is 12.6. The van der Waals surface area contributed by atoms with E-state index in [1.54, 1.807) is 30.3 Å². The van der Waals surface area contributed by atoms with E-state index in [0.29, 0.717) is 0 Å². The minimum atomic E-state index is -4.01. The van der Waals surface area contributed by atoms with Crippen molar-refractivity contribution in [3.8, 4) is 5.75 Å². The Morgan fingerprint density at radius 2 is 1.46 bits per heavy atom. The van der Waals surface area contributed by atoms with Gasteiger partial charge < -0.3 is 4.18 Å². The molecular formula is C21H18O4S. The highest BCUT2D eigenvalue weighted by Crippen LogP contribution is 2.24. The number of hydrogen-bond acceptors (Lipinski definition) is 4. The third kappa shape index (κ3) is 4.18. The molecule has 3 rings (SSSR count). The van der Waals surface area contributed by atoms with Gasteiger partial charge in [0.25, 0.3) is 0 Å². The zero-order valence-corrected chi connectivity index (χ0v) is 15.1. The fraction of sp³-hybridized carbons (Fsp3) is 0.0952. The van der Waals surface area contributed by atoms with Gasteiger partial charge in [-0.3, -0.25) is 4.79 Å². The average Bonchev–Trinajstić information content (AvgIpc) is 2.63. The molecule has 0 radical (unpaired) electrons. The van der Waals surface area contributed by atoms with E-state index in [4.69, 9.17) is 4.18 Å². The predicted octanol–water partition coefficient (Wildman–Crippen LogP) is 4.19. The van der Waals surface area contributed by atoms with Crippen molar-refractivity contribution in [2.24, 2.45) is 0 Å². The molecule has 0 aromatic heterocycles. The van der Waals surface area contributed by atoms with Gasteiger partial charge in [-0.15, -0.1) is 0 Å². The first-order valence-corrected chi connectivity index (χ1v) is 9.54. The summed E-state index contributed by atoms with van der Waals surface area (Å²) >= 11 is 0. The topological polar surface area (TPSA) is 60.4 Å². The molecule has 0 spiro atoms. The zero-order chi connectivity index (χ0) is 18.6. The van der Waals surface area contributed by atoms with Crippen LogP contribution in [0.15, 0.2) is 83.8 Å². The Bertz CT molecular complexity index is 1010. The van der Waals surface area contributed by atoms with Crippen LogP contribution in [0.25, 0.3) is 0 Å². The highest BCUT2D eigenvalue weighted by Gasteiger charge is 2.20. The molecule has 3 aromatic carbocycles. The summed E-state index contributed by atoms with van der Waals surface area (Å²) < 4.78 is 30.3. The van der Waals surface area contributed by atoms with Gasteiger partial charge in [-0.2, -0.15) is 8.42 Å². The van der Waals surface area contributed by atoms with Gasteiger partial charge in [0, 0.05) is 6.42 Å². The molecule has 0 saturated heterocycles. The van der Waals surface area contributed by atoms with E-state index in [9.17, 15) is 13.2 Å². The second kappa shape index (κ2) is 7.54. The van der Waals surface area contributed by atoms with Gasteiger partial charge in [-0.1, -0.05) is 60.2 Å². The molecule has 0 aliphatic heterocycles. The molecule has 0 aliphatic carbocycles. The predicted molar refractivity (Wildman–Crippen MR) is 99.9 cm³/mol. The van der Waals surface area contributed by atoms with E-state index in [1.165, 1.54) is 18.2 Å². The van der Waals surface area contributed by atoms with Crippen molar-refractivity contribution < 1.29 is 17.4 Å². The smallest absolute Gasteiger partial charge is 0.339 e. The molecule has 5 heteroatoms. The van der Waals surface area contributed by atoms with Gasteiger partial charge >= 0.3 is 10.1 Å². The Morgan fingerprint density at radius 1 is 0.846 bits per heavy atom. The van der Waals surface area contributed by atoms with Crippen LogP contribution in [0.4, 0.5) is 0 Å². The van der Waals surface area contributed by atoms with Crippen LogP contribution < -0.4 is 4.18 Å². The summed E-state index contributed by atoms with van der Waals surface area (Å²) in [6.45, 7) is 1.87. The molecule has 0 N–H and O–H groups in total. The third-order valence-corrected chi connectivity index (χ3v) is 5.15. The van der Waals surface area contributed by atoms with Crippen molar-refractivity contribution in [2.45, 2.75) is 18.2 Å². The minimum Gasteiger partial charge on any atom is -0.378 e. The summed E-state index contributed by atoms with van der Waals surface area (Å²) in [6.07, 6.45) is 0.172. The van der Waals surface area contributed by atoms with Gasteiger partial charge in [0.1, 0.15) is 4.90 Å². The van der Waals surface area contributed by atoms with E-state index in [0.717, 1.165) is 11.1 Å². The highest BCUT2D eigenvalue weighted by atomic mass is 32.2. The van der Waals surface area contributed by atoms with Crippen LogP contribution in [-0.2, 0) is 16.5 Å².